The molecule has 0 radical (unpaired) electrons. The van der Waals surface area contributed by atoms with Crippen molar-refractivity contribution < 1.29 is 14.7 Å². The highest BCUT2D eigenvalue weighted by atomic mass is 32.1. The summed E-state index contributed by atoms with van der Waals surface area (Å²) in [6.07, 6.45) is 1.67. The van der Waals surface area contributed by atoms with Gasteiger partial charge in [-0.1, -0.05) is 6.08 Å². The molecular formula is C12H16N2O3S. The van der Waals surface area contributed by atoms with Crippen molar-refractivity contribution in [1.82, 2.24) is 10.2 Å². The van der Waals surface area contributed by atoms with Crippen molar-refractivity contribution in [3.05, 3.63) is 35.0 Å². The fourth-order valence-corrected chi connectivity index (χ4v) is 2.04. The van der Waals surface area contributed by atoms with Crippen LogP contribution in [0.15, 0.2) is 29.5 Å². The van der Waals surface area contributed by atoms with E-state index >= 15 is 0 Å². The van der Waals surface area contributed by atoms with E-state index in [1.54, 1.807) is 18.4 Å². The van der Waals surface area contributed by atoms with Crippen LogP contribution in [-0.2, 0) is 11.3 Å². The lowest BCUT2D eigenvalue weighted by Crippen LogP contribution is -2.46. The van der Waals surface area contributed by atoms with Gasteiger partial charge in [0.15, 0.2) is 0 Å². The maximum Gasteiger partial charge on any atom is 0.326 e. The summed E-state index contributed by atoms with van der Waals surface area (Å²) in [6.45, 7) is 3.92. The summed E-state index contributed by atoms with van der Waals surface area (Å²) in [4.78, 5) is 24.1. The first-order valence-electron chi connectivity index (χ1n) is 5.41. The minimum Gasteiger partial charge on any atom is -0.480 e. The molecular weight excluding hydrogens is 252 g/mol. The number of urea groups is 1. The van der Waals surface area contributed by atoms with Crippen LogP contribution in [0.2, 0.25) is 0 Å². The van der Waals surface area contributed by atoms with E-state index in [9.17, 15) is 9.59 Å². The van der Waals surface area contributed by atoms with E-state index in [0.717, 1.165) is 5.56 Å². The van der Waals surface area contributed by atoms with Gasteiger partial charge in [-0.05, 0) is 28.8 Å². The minimum absolute atomic E-state index is 0.202. The van der Waals surface area contributed by atoms with Gasteiger partial charge in [-0.15, -0.1) is 6.58 Å². The van der Waals surface area contributed by atoms with Gasteiger partial charge < -0.3 is 15.3 Å². The second kappa shape index (κ2) is 6.80. The van der Waals surface area contributed by atoms with E-state index in [4.69, 9.17) is 5.11 Å². The highest BCUT2D eigenvalue weighted by Crippen LogP contribution is 2.08. The molecule has 18 heavy (non-hydrogen) atoms. The molecule has 2 N–H and O–H groups in total. The predicted octanol–water partition coefficient (Wildman–Crippen LogP) is 1.92. The first-order valence-corrected chi connectivity index (χ1v) is 6.35. The van der Waals surface area contributed by atoms with Crippen LogP contribution in [0.3, 0.4) is 0 Å². The van der Waals surface area contributed by atoms with E-state index in [1.165, 1.54) is 11.0 Å². The number of carbonyl (C=O) groups is 2. The van der Waals surface area contributed by atoms with Crippen LogP contribution in [0.4, 0.5) is 4.79 Å². The summed E-state index contributed by atoms with van der Waals surface area (Å²) >= 11 is 1.55. The Labute approximate surface area is 110 Å². The zero-order valence-electron chi connectivity index (χ0n) is 10.1. The molecule has 1 atom stereocenters. The lowest BCUT2D eigenvalue weighted by molar-refractivity contribution is -0.139. The summed E-state index contributed by atoms with van der Waals surface area (Å²) in [5, 5.41) is 15.2. The summed E-state index contributed by atoms with van der Waals surface area (Å²) in [7, 11) is 1.62. The minimum atomic E-state index is -1.06. The van der Waals surface area contributed by atoms with Gasteiger partial charge in [-0.25, -0.2) is 9.59 Å². The number of aliphatic carboxylic acids is 1. The van der Waals surface area contributed by atoms with Crippen molar-refractivity contribution in [1.29, 1.82) is 0 Å². The monoisotopic (exact) mass is 268 g/mol. The maximum absolute atomic E-state index is 11.8. The zero-order chi connectivity index (χ0) is 13.5. The number of hydrogen-bond donors (Lipinski definition) is 2. The van der Waals surface area contributed by atoms with Crippen LogP contribution in [0.1, 0.15) is 12.0 Å². The average molecular weight is 268 g/mol. The number of carboxylic acid groups (broad SMARTS) is 1. The van der Waals surface area contributed by atoms with E-state index in [2.05, 4.69) is 11.9 Å². The summed E-state index contributed by atoms with van der Waals surface area (Å²) in [5.74, 6) is -1.06. The number of nitrogens with one attached hydrogen (secondary N) is 1. The number of rotatable bonds is 6. The third-order valence-corrected chi connectivity index (χ3v) is 3.08. The fraction of sp³-hybridized carbons (Fsp3) is 0.333. The molecule has 5 nitrogen and oxygen atoms in total. The topological polar surface area (TPSA) is 69.6 Å². The van der Waals surface area contributed by atoms with Crippen molar-refractivity contribution >= 4 is 23.3 Å². The smallest absolute Gasteiger partial charge is 0.326 e. The Kier molecular flexibility index (Phi) is 5.38. The molecule has 1 aromatic rings. The van der Waals surface area contributed by atoms with Gasteiger partial charge in [0.05, 0.1) is 0 Å². The van der Waals surface area contributed by atoms with E-state index in [0.29, 0.717) is 6.54 Å². The Morgan fingerprint density at radius 1 is 1.67 bits per heavy atom. The standard InChI is InChI=1S/C12H16N2O3S/c1-3-4-10(11(15)16)13-12(17)14(2)7-9-5-6-18-8-9/h3,5-6,8,10H,1,4,7H2,2H3,(H,13,17)(H,15,16). The normalized spacial score (nSPS) is 11.6. The molecule has 2 amide bonds. The Hall–Kier alpha value is -1.82. The number of nitrogens with zero attached hydrogens (tertiary/aromatic N) is 1. The third kappa shape index (κ3) is 4.21. The zero-order valence-corrected chi connectivity index (χ0v) is 10.9. The van der Waals surface area contributed by atoms with Crippen LogP contribution in [-0.4, -0.2) is 35.1 Å². The van der Waals surface area contributed by atoms with Gasteiger partial charge in [-0.2, -0.15) is 11.3 Å². The molecule has 0 aliphatic carbocycles. The second-order valence-electron chi connectivity index (χ2n) is 3.85. The second-order valence-corrected chi connectivity index (χ2v) is 4.63. The first-order chi connectivity index (χ1) is 8.54. The molecule has 1 unspecified atom stereocenters. The van der Waals surface area contributed by atoms with Crippen molar-refractivity contribution in [3.63, 3.8) is 0 Å². The van der Waals surface area contributed by atoms with Crippen LogP contribution in [0.5, 0.6) is 0 Å². The molecule has 1 heterocycles. The number of carboxylic acids is 1. The molecule has 98 valence electrons. The van der Waals surface area contributed by atoms with Gasteiger partial charge in [-0.3, -0.25) is 0 Å². The molecule has 1 rings (SSSR count). The molecule has 0 bridgehead atoms. The third-order valence-electron chi connectivity index (χ3n) is 2.34. The molecule has 0 spiro atoms. The number of amides is 2. The maximum atomic E-state index is 11.8. The van der Waals surface area contributed by atoms with Gasteiger partial charge >= 0.3 is 12.0 Å². The molecule has 0 aliphatic rings. The summed E-state index contributed by atoms with van der Waals surface area (Å²) < 4.78 is 0. The molecule has 0 aromatic carbocycles. The summed E-state index contributed by atoms with van der Waals surface area (Å²) in [6, 6.07) is 0.586. The van der Waals surface area contributed by atoms with Crippen LogP contribution >= 0.6 is 11.3 Å². The quantitative estimate of drug-likeness (QED) is 0.774. The predicted molar refractivity (Wildman–Crippen MR) is 70.6 cm³/mol. The Morgan fingerprint density at radius 3 is 2.89 bits per heavy atom. The van der Waals surface area contributed by atoms with E-state index < -0.39 is 18.0 Å². The Morgan fingerprint density at radius 2 is 2.39 bits per heavy atom. The van der Waals surface area contributed by atoms with Crippen molar-refractivity contribution in [3.8, 4) is 0 Å². The molecule has 0 saturated heterocycles. The van der Waals surface area contributed by atoms with Crippen molar-refractivity contribution in [2.24, 2.45) is 0 Å². The van der Waals surface area contributed by atoms with Crippen LogP contribution in [0.25, 0.3) is 0 Å². The lowest BCUT2D eigenvalue weighted by atomic mass is 10.2. The average Bonchev–Trinajstić information content (AvgIpc) is 2.80. The molecule has 1 aromatic heterocycles. The van der Waals surface area contributed by atoms with Crippen LogP contribution in [0, 0.1) is 0 Å². The highest BCUT2D eigenvalue weighted by Gasteiger charge is 2.20. The van der Waals surface area contributed by atoms with E-state index in [1.807, 2.05) is 16.8 Å². The summed E-state index contributed by atoms with van der Waals surface area (Å²) in [5.41, 5.74) is 1.02. The molecule has 0 fully saturated rings. The molecule has 0 aliphatic heterocycles. The number of thiophene rings is 1. The molecule has 0 saturated carbocycles. The Balaban J connectivity index is 2.52. The SMILES string of the molecule is C=CCC(NC(=O)N(C)Cc1ccsc1)C(=O)O. The van der Waals surface area contributed by atoms with Gasteiger partial charge in [0.25, 0.3) is 0 Å². The van der Waals surface area contributed by atoms with Crippen molar-refractivity contribution in [2.45, 2.75) is 19.0 Å². The first kappa shape index (κ1) is 14.2. The van der Waals surface area contributed by atoms with Crippen molar-refractivity contribution in [2.75, 3.05) is 7.05 Å². The number of hydrogen-bond acceptors (Lipinski definition) is 3. The molecule has 6 heteroatoms. The van der Waals surface area contributed by atoms with Gasteiger partial charge in [0, 0.05) is 13.6 Å². The van der Waals surface area contributed by atoms with Crippen LogP contribution < -0.4 is 5.32 Å². The van der Waals surface area contributed by atoms with E-state index in [-0.39, 0.29) is 6.42 Å². The largest absolute Gasteiger partial charge is 0.480 e. The lowest BCUT2D eigenvalue weighted by Gasteiger charge is -2.20. The van der Waals surface area contributed by atoms with Gasteiger partial charge in [0.2, 0.25) is 0 Å². The highest BCUT2D eigenvalue weighted by molar-refractivity contribution is 7.07. The Bertz CT molecular complexity index is 417. The number of carbonyl (C=O) groups excluding carboxylic acids is 1. The van der Waals surface area contributed by atoms with Gasteiger partial charge in [0.1, 0.15) is 6.04 Å². The fourth-order valence-electron chi connectivity index (χ4n) is 1.38.